The van der Waals surface area contributed by atoms with Gasteiger partial charge in [0, 0.05) is 18.5 Å². The Balaban J connectivity index is 1.83. The molecule has 29 heavy (non-hydrogen) atoms. The Morgan fingerprint density at radius 3 is 2.24 bits per heavy atom. The maximum atomic E-state index is 12.9. The predicted molar refractivity (Wildman–Crippen MR) is 113 cm³/mol. The molecule has 1 aromatic heterocycles. The second-order valence-corrected chi connectivity index (χ2v) is 6.77. The van der Waals surface area contributed by atoms with Crippen LogP contribution in [0.25, 0.3) is 0 Å². The molecule has 0 saturated heterocycles. The van der Waals surface area contributed by atoms with Gasteiger partial charge in [-0.25, -0.2) is 0 Å². The lowest BCUT2D eigenvalue weighted by atomic mass is 10.0. The number of ether oxygens (including phenoxy) is 3. The molecular weight excluding hydrogens is 392 g/mol. The molecule has 1 amide bonds. The van der Waals surface area contributed by atoms with Crippen molar-refractivity contribution < 1.29 is 19.0 Å². The largest absolute Gasteiger partial charge is 0.497 e. The minimum Gasteiger partial charge on any atom is -0.497 e. The van der Waals surface area contributed by atoms with Crippen molar-refractivity contribution >= 4 is 23.2 Å². The van der Waals surface area contributed by atoms with Crippen LogP contribution >= 0.6 is 11.6 Å². The third-order valence-electron chi connectivity index (χ3n) is 4.61. The van der Waals surface area contributed by atoms with Crippen LogP contribution in [0.5, 0.6) is 17.2 Å². The molecule has 0 aliphatic rings. The summed E-state index contributed by atoms with van der Waals surface area (Å²) in [7, 11) is 4.67. The SMILES string of the molecule is COc1ccc([C@@H](CC(=O)Nc2cc(Cl)c(OC)cc2OC)n2cccc2)cc1. The summed E-state index contributed by atoms with van der Waals surface area (Å²) in [6.45, 7) is 0. The van der Waals surface area contributed by atoms with Gasteiger partial charge in [-0.1, -0.05) is 23.7 Å². The van der Waals surface area contributed by atoms with Gasteiger partial charge in [-0.15, -0.1) is 0 Å². The number of halogens is 1. The topological polar surface area (TPSA) is 61.7 Å². The molecule has 1 heterocycles. The van der Waals surface area contributed by atoms with E-state index in [4.69, 9.17) is 25.8 Å². The summed E-state index contributed by atoms with van der Waals surface area (Å²) in [6, 6.07) is 14.6. The second kappa shape index (κ2) is 9.39. The summed E-state index contributed by atoms with van der Waals surface area (Å²) < 4.78 is 17.8. The Bertz CT molecular complexity index is 956. The standard InChI is InChI=1S/C22H23ClN2O4/c1-27-16-8-6-15(7-9-16)19(25-10-4-5-11-25)13-22(26)24-18-12-17(23)20(28-2)14-21(18)29-3/h4-12,14,19H,13H2,1-3H3,(H,24,26)/t19-/m1/s1. The Morgan fingerprint density at radius 2 is 1.66 bits per heavy atom. The van der Waals surface area contributed by atoms with Crippen molar-refractivity contribution in [1.29, 1.82) is 0 Å². The van der Waals surface area contributed by atoms with Crippen LogP contribution in [0, 0.1) is 0 Å². The molecule has 2 aromatic carbocycles. The van der Waals surface area contributed by atoms with E-state index < -0.39 is 0 Å². The van der Waals surface area contributed by atoms with E-state index in [1.165, 1.54) is 14.2 Å². The van der Waals surface area contributed by atoms with E-state index in [1.54, 1.807) is 19.2 Å². The van der Waals surface area contributed by atoms with Gasteiger partial charge in [0.1, 0.15) is 17.2 Å². The van der Waals surface area contributed by atoms with E-state index in [2.05, 4.69) is 5.32 Å². The zero-order valence-corrected chi connectivity index (χ0v) is 17.3. The molecule has 1 atom stereocenters. The Hall–Kier alpha value is -3.12. The molecule has 0 spiro atoms. The van der Waals surface area contributed by atoms with Crippen LogP contribution in [0.2, 0.25) is 5.02 Å². The van der Waals surface area contributed by atoms with Crippen LogP contribution in [-0.4, -0.2) is 31.8 Å². The van der Waals surface area contributed by atoms with Crippen molar-refractivity contribution in [2.24, 2.45) is 0 Å². The fraction of sp³-hybridized carbons (Fsp3) is 0.227. The first-order chi connectivity index (χ1) is 14.0. The van der Waals surface area contributed by atoms with Crippen molar-refractivity contribution in [3.05, 3.63) is 71.5 Å². The zero-order chi connectivity index (χ0) is 20.8. The van der Waals surface area contributed by atoms with E-state index in [9.17, 15) is 4.79 Å². The normalized spacial score (nSPS) is 11.6. The number of hydrogen-bond acceptors (Lipinski definition) is 4. The highest BCUT2D eigenvalue weighted by Crippen LogP contribution is 2.36. The van der Waals surface area contributed by atoms with E-state index in [0.717, 1.165) is 11.3 Å². The van der Waals surface area contributed by atoms with Gasteiger partial charge in [0.2, 0.25) is 5.91 Å². The minimum absolute atomic E-state index is 0.168. The number of anilines is 1. The van der Waals surface area contributed by atoms with Gasteiger partial charge in [-0.2, -0.15) is 0 Å². The predicted octanol–water partition coefficient (Wildman–Crippen LogP) is 4.79. The minimum atomic E-state index is -0.171. The summed E-state index contributed by atoms with van der Waals surface area (Å²) in [5.41, 5.74) is 1.49. The molecule has 0 unspecified atom stereocenters. The van der Waals surface area contributed by atoms with Gasteiger partial charge >= 0.3 is 0 Å². The molecule has 6 nitrogen and oxygen atoms in total. The molecular formula is C22H23ClN2O4. The summed E-state index contributed by atoms with van der Waals surface area (Å²) in [4.78, 5) is 12.9. The molecule has 0 aliphatic heterocycles. The fourth-order valence-electron chi connectivity index (χ4n) is 3.11. The van der Waals surface area contributed by atoms with Crippen molar-refractivity contribution in [2.45, 2.75) is 12.5 Å². The van der Waals surface area contributed by atoms with Gasteiger partial charge in [0.15, 0.2) is 0 Å². The first kappa shape index (κ1) is 20.6. The van der Waals surface area contributed by atoms with Crippen molar-refractivity contribution in [3.8, 4) is 17.2 Å². The highest BCUT2D eigenvalue weighted by atomic mass is 35.5. The molecule has 0 bridgehead atoms. The van der Waals surface area contributed by atoms with Gasteiger partial charge < -0.3 is 24.1 Å². The Labute approximate surface area is 175 Å². The van der Waals surface area contributed by atoms with Crippen LogP contribution in [0.15, 0.2) is 60.9 Å². The molecule has 3 rings (SSSR count). The lowest BCUT2D eigenvalue weighted by Crippen LogP contribution is -2.20. The number of nitrogens with zero attached hydrogens (tertiary/aromatic N) is 1. The zero-order valence-electron chi connectivity index (χ0n) is 16.5. The number of methoxy groups -OCH3 is 3. The fourth-order valence-corrected chi connectivity index (χ4v) is 3.35. The molecule has 0 aliphatic carbocycles. The summed E-state index contributed by atoms with van der Waals surface area (Å²) in [6.07, 6.45) is 4.10. The Morgan fingerprint density at radius 1 is 1.00 bits per heavy atom. The molecule has 0 fully saturated rings. The average Bonchev–Trinajstić information content (AvgIpc) is 3.27. The van der Waals surface area contributed by atoms with Crippen LogP contribution in [0.1, 0.15) is 18.0 Å². The van der Waals surface area contributed by atoms with Gasteiger partial charge in [0.05, 0.1) is 44.5 Å². The number of aromatic nitrogens is 1. The number of nitrogens with one attached hydrogen (secondary N) is 1. The Kier molecular flexibility index (Phi) is 6.67. The van der Waals surface area contributed by atoms with E-state index in [1.807, 2.05) is 53.4 Å². The average molecular weight is 415 g/mol. The first-order valence-electron chi connectivity index (χ1n) is 9.03. The third-order valence-corrected chi connectivity index (χ3v) is 4.91. The summed E-state index contributed by atoms with van der Waals surface area (Å²) in [5.74, 6) is 1.55. The van der Waals surface area contributed by atoms with Gasteiger partial charge in [0.25, 0.3) is 0 Å². The lowest BCUT2D eigenvalue weighted by Gasteiger charge is -2.20. The van der Waals surface area contributed by atoms with Crippen LogP contribution < -0.4 is 19.5 Å². The maximum Gasteiger partial charge on any atom is 0.226 e. The van der Waals surface area contributed by atoms with Crippen molar-refractivity contribution in [2.75, 3.05) is 26.6 Å². The summed E-state index contributed by atoms with van der Waals surface area (Å²) in [5, 5.41) is 3.29. The van der Waals surface area contributed by atoms with E-state index in [-0.39, 0.29) is 18.4 Å². The molecule has 1 N–H and O–H groups in total. The highest BCUT2D eigenvalue weighted by Gasteiger charge is 2.19. The second-order valence-electron chi connectivity index (χ2n) is 6.36. The number of benzene rings is 2. The molecule has 152 valence electrons. The van der Waals surface area contributed by atoms with E-state index >= 15 is 0 Å². The molecule has 7 heteroatoms. The van der Waals surface area contributed by atoms with Crippen molar-refractivity contribution in [1.82, 2.24) is 4.57 Å². The highest BCUT2D eigenvalue weighted by molar-refractivity contribution is 6.32. The molecule has 0 saturated carbocycles. The number of carbonyl (C=O) groups excluding carboxylic acids is 1. The lowest BCUT2D eigenvalue weighted by molar-refractivity contribution is -0.116. The molecule has 0 radical (unpaired) electrons. The van der Waals surface area contributed by atoms with Crippen LogP contribution in [-0.2, 0) is 4.79 Å². The number of carbonyl (C=O) groups is 1. The number of rotatable bonds is 8. The first-order valence-corrected chi connectivity index (χ1v) is 9.41. The molecule has 3 aromatic rings. The monoisotopic (exact) mass is 414 g/mol. The van der Waals surface area contributed by atoms with Gasteiger partial charge in [-0.3, -0.25) is 4.79 Å². The number of amides is 1. The third kappa shape index (κ3) is 4.84. The maximum absolute atomic E-state index is 12.9. The van der Waals surface area contributed by atoms with Crippen molar-refractivity contribution in [3.63, 3.8) is 0 Å². The van der Waals surface area contributed by atoms with Crippen LogP contribution in [0.4, 0.5) is 5.69 Å². The summed E-state index contributed by atoms with van der Waals surface area (Å²) >= 11 is 6.21. The quantitative estimate of drug-likeness (QED) is 0.576. The van der Waals surface area contributed by atoms with Crippen LogP contribution in [0.3, 0.4) is 0 Å². The number of hydrogen-bond donors (Lipinski definition) is 1. The van der Waals surface area contributed by atoms with Gasteiger partial charge in [-0.05, 0) is 35.9 Å². The van der Waals surface area contributed by atoms with E-state index in [0.29, 0.717) is 22.2 Å². The smallest absolute Gasteiger partial charge is 0.226 e.